The minimum atomic E-state index is -0.854. The molecular weight excluding hydrogens is 342 g/mol. The molecule has 3 nitrogen and oxygen atoms in total. The highest BCUT2D eigenvalue weighted by molar-refractivity contribution is 9.10. The number of amides is 1. The molecule has 1 aromatic carbocycles. The number of carbonyl (C=O) groups is 1. The predicted molar refractivity (Wildman–Crippen MR) is 81.2 cm³/mol. The molecule has 0 unspecified atom stereocenters. The Balaban J connectivity index is 2.02. The lowest BCUT2D eigenvalue weighted by Crippen LogP contribution is -2.43. The van der Waals surface area contributed by atoms with E-state index >= 15 is 0 Å². The van der Waals surface area contributed by atoms with Crippen LogP contribution in [-0.2, 0) is 0 Å². The molecule has 1 aromatic rings. The topological polar surface area (TPSA) is 32.3 Å². The zero-order valence-corrected chi connectivity index (χ0v) is 13.8. The van der Waals surface area contributed by atoms with E-state index in [0.717, 1.165) is 38.1 Å². The van der Waals surface area contributed by atoms with Crippen LogP contribution in [0.1, 0.15) is 30.1 Å². The van der Waals surface area contributed by atoms with E-state index in [4.69, 9.17) is 0 Å². The maximum absolute atomic E-state index is 13.7. The van der Waals surface area contributed by atoms with Crippen molar-refractivity contribution >= 4 is 21.8 Å². The summed E-state index contributed by atoms with van der Waals surface area (Å²) in [5, 5.41) is 2.67. The van der Waals surface area contributed by atoms with Crippen LogP contribution in [0.3, 0.4) is 0 Å². The number of hydrogen-bond acceptors (Lipinski definition) is 2. The van der Waals surface area contributed by atoms with Crippen LogP contribution in [0.25, 0.3) is 0 Å². The van der Waals surface area contributed by atoms with E-state index in [1.54, 1.807) is 0 Å². The number of piperidine rings is 1. The Hall–Kier alpha value is -1.01. The number of halogens is 3. The molecule has 0 aliphatic carbocycles. The van der Waals surface area contributed by atoms with Crippen LogP contribution in [0.2, 0.25) is 0 Å². The van der Waals surface area contributed by atoms with Crippen molar-refractivity contribution in [1.29, 1.82) is 0 Å². The monoisotopic (exact) mass is 360 g/mol. The maximum atomic E-state index is 13.7. The lowest BCUT2D eigenvalue weighted by atomic mass is 9.80. The molecule has 1 aliphatic rings. The third-order valence-electron chi connectivity index (χ3n) is 4.10. The molecule has 21 heavy (non-hydrogen) atoms. The lowest BCUT2D eigenvalue weighted by Gasteiger charge is -2.37. The van der Waals surface area contributed by atoms with Gasteiger partial charge in [0.25, 0.3) is 5.91 Å². The molecule has 1 aliphatic heterocycles. The van der Waals surface area contributed by atoms with Crippen molar-refractivity contribution in [3.8, 4) is 0 Å². The maximum Gasteiger partial charge on any atom is 0.257 e. The Morgan fingerprint density at radius 1 is 1.33 bits per heavy atom. The van der Waals surface area contributed by atoms with Crippen molar-refractivity contribution in [3.63, 3.8) is 0 Å². The zero-order valence-electron chi connectivity index (χ0n) is 12.2. The molecule has 0 saturated carbocycles. The van der Waals surface area contributed by atoms with E-state index in [0.29, 0.717) is 6.54 Å². The lowest BCUT2D eigenvalue weighted by molar-refractivity contribution is 0.0883. The average Bonchev–Trinajstić information content (AvgIpc) is 2.39. The van der Waals surface area contributed by atoms with Crippen molar-refractivity contribution in [3.05, 3.63) is 33.8 Å². The van der Waals surface area contributed by atoms with Crippen LogP contribution in [-0.4, -0.2) is 37.5 Å². The highest BCUT2D eigenvalue weighted by Gasteiger charge is 2.30. The van der Waals surface area contributed by atoms with Gasteiger partial charge in [0.2, 0.25) is 0 Å². The first-order chi connectivity index (χ1) is 9.81. The van der Waals surface area contributed by atoms with Crippen LogP contribution < -0.4 is 5.32 Å². The van der Waals surface area contributed by atoms with Gasteiger partial charge in [-0.15, -0.1) is 0 Å². The van der Waals surface area contributed by atoms with Gasteiger partial charge in [0.05, 0.1) is 0 Å². The highest BCUT2D eigenvalue weighted by Crippen LogP contribution is 2.29. The van der Waals surface area contributed by atoms with Gasteiger partial charge in [-0.05, 0) is 50.5 Å². The molecule has 1 heterocycles. The first-order valence-electron chi connectivity index (χ1n) is 6.92. The molecule has 1 N–H and O–H groups in total. The summed E-state index contributed by atoms with van der Waals surface area (Å²) in [7, 11) is 2.06. The number of rotatable bonds is 3. The summed E-state index contributed by atoms with van der Waals surface area (Å²) in [5.74, 6) is -2.40. The molecule has 2 rings (SSSR count). The molecule has 0 spiro atoms. The van der Waals surface area contributed by atoms with Crippen molar-refractivity contribution in [1.82, 2.24) is 10.2 Å². The zero-order chi connectivity index (χ0) is 15.6. The second-order valence-corrected chi connectivity index (χ2v) is 6.96. The largest absolute Gasteiger partial charge is 0.351 e. The first-order valence-corrected chi connectivity index (χ1v) is 7.71. The van der Waals surface area contributed by atoms with Gasteiger partial charge in [-0.25, -0.2) is 8.78 Å². The fourth-order valence-corrected chi connectivity index (χ4v) is 2.88. The molecule has 0 aromatic heterocycles. The minimum absolute atomic E-state index is 0.0233. The molecule has 0 radical (unpaired) electrons. The Bertz CT molecular complexity index is 519. The van der Waals surface area contributed by atoms with Crippen LogP contribution in [0.5, 0.6) is 0 Å². The summed E-state index contributed by atoms with van der Waals surface area (Å²) in [5.41, 5.74) is -0.542. The Morgan fingerprint density at radius 3 is 2.38 bits per heavy atom. The normalized spacial score (nSPS) is 18.5. The van der Waals surface area contributed by atoms with E-state index in [1.165, 1.54) is 0 Å². The van der Waals surface area contributed by atoms with Gasteiger partial charge in [-0.3, -0.25) is 4.79 Å². The van der Waals surface area contributed by atoms with Gasteiger partial charge < -0.3 is 10.2 Å². The summed E-state index contributed by atoms with van der Waals surface area (Å²) in [6.07, 6.45) is 1.91. The second-order valence-electron chi connectivity index (χ2n) is 6.04. The van der Waals surface area contributed by atoms with Gasteiger partial charge in [0.15, 0.2) is 0 Å². The van der Waals surface area contributed by atoms with Crippen molar-refractivity contribution < 1.29 is 13.6 Å². The summed E-state index contributed by atoms with van der Waals surface area (Å²) in [6, 6.07) is 2.19. The highest BCUT2D eigenvalue weighted by atomic mass is 79.9. The van der Waals surface area contributed by atoms with Crippen molar-refractivity contribution in [2.75, 3.05) is 26.7 Å². The predicted octanol–water partition coefficient (Wildman–Crippen LogP) is 3.19. The molecule has 1 fully saturated rings. The van der Waals surface area contributed by atoms with Gasteiger partial charge in [-0.2, -0.15) is 0 Å². The number of carbonyl (C=O) groups excluding carboxylic acids is 1. The van der Waals surface area contributed by atoms with Crippen LogP contribution >= 0.6 is 15.9 Å². The third-order valence-corrected chi connectivity index (χ3v) is 4.56. The van der Waals surface area contributed by atoms with E-state index in [9.17, 15) is 13.6 Å². The van der Waals surface area contributed by atoms with Gasteiger partial charge >= 0.3 is 0 Å². The SMILES string of the molecule is CN1CCC(C)(CNC(=O)c2c(F)cc(Br)cc2F)CC1. The molecule has 0 bridgehead atoms. The number of nitrogens with zero attached hydrogens (tertiary/aromatic N) is 1. The smallest absolute Gasteiger partial charge is 0.257 e. The molecule has 1 amide bonds. The van der Waals surface area contributed by atoms with Crippen LogP contribution in [0.15, 0.2) is 16.6 Å². The Morgan fingerprint density at radius 2 is 1.86 bits per heavy atom. The fourth-order valence-electron chi connectivity index (χ4n) is 2.48. The quantitative estimate of drug-likeness (QED) is 0.897. The average molecular weight is 361 g/mol. The summed E-state index contributed by atoms with van der Waals surface area (Å²) in [6.45, 7) is 4.45. The standard InChI is InChI=1S/C15H19BrF2N2O/c1-15(3-5-20(2)6-4-15)9-19-14(21)13-11(17)7-10(16)8-12(13)18/h7-8H,3-6,9H2,1-2H3,(H,19,21). The second kappa shape index (κ2) is 6.40. The number of hydrogen-bond donors (Lipinski definition) is 1. The fraction of sp³-hybridized carbons (Fsp3) is 0.533. The number of benzene rings is 1. The first kappa shape index (κ1) is 16.4. The number of nitrogens with one attached hydrogen (secondary N) is 1. The molecule has 116 valence electrons. The third kappa shape index (κ3) is 4.01. The van der Waals surface area contributed by atoms with Crippen LogP contribution in [0.4, 0.5) is 8.78 Å². The molecule has 1 saturated heterocycles. The van der Waals surface area contributed by atoms with Crippen molar-refractivity contribution in [2.24, 2.45) is 5.41 Å². The van der Waals surface area contributed by atoms with E-state index in [2.05, 4.69) is 40.1 Å². The van der Waals surface area contributed by atoms with Crippen LogP contribution in [0, 0.1) is 17.0 Å². The Kier molecular flexibility index (Phi) is 4.99. The summed E-state index contributed by atoms with van der Waals surface area (Å²) < 4.78 is 27.7. The van der Waals surface area contributed by atoms with E-state index in [1.807, 2.05) is 0 Å². The molecule has 0 atom stereocenters. The number of likely N-dealkylation sites (tertiary alicyclic amines) is 1. The molecule has 6 heteroatoms. The summed E-state index contributed by atoms with van der Waals surface area (Å²) >= 11 is 3.00. The van der Waals surface area contributed by atoms with Gasteiger partial charge in [-0.1, -0.05) is 22.9 Å². The Labute approximate surface area is 131 Å². The van der Waals surface area contributed by atoms with Gasteiger partial charge in [0, 0.05) is 11.0 Å². The van der Waals surface area contributed by atoms with E-state index in [-0.39, 0.29) is 9.89 Å². The van der Waals surface area contributed by atoms with Crippen molar-refractivity contribution in [2.45, 2.75) is 19.8 Å². The molecular formula is C15H19BrF2N2O. The van der Waals surface area contributed by atoms with E-state index < -0.39 is 23.1 Å². The van der Waals surface area contributed by atoms with Gasteiger partial charge in [0.1, 0.15) is 17.2 Å². The minimum Gasteiger partial charge on any atom is -0.351 e. The summed E-state index contributed by atoms with van der Waals surface area (Å²) in [4.78, 5) is 14.3.